The number of benzene rings is 1. The van der Waals surface area contributed by atoms with Crippen molar-refractivity contribution in [1.82, 2.24) is 0 Å². The normalized spacial score (nSPS) is 9.71. The van der Waals surface area contributed by atoms with Gasteiger partial charge in [-0.1, -0.05) is 61.8 Å². The van der Waals surface area contributed by atoms with E-state index in [9.17, 15) is 0 Å². The summed E-state index contributed by atoms with van der Waals surface area (Å²) in [6.45, 7) is 11.9. The van der Waals surface area contributed by atoms with Crippen molar-refractivity contribution in [2.45, 2.75) is 48.0 Å². The van der Waals surface area contributed by atoms with Crippen LogP contribution in [0.1, 0.15) is 52.7 Å². The first-order valence-corrected chi connectivity index (χ1v) is 6.95. The Morgan fingerprint density at radius 3 is 2.18 bits per heavy atom. The average molecular weight is 302 g/mol. The second-order valence-electron chi connectivity index (χ2n) is 2.84. The number of halogens is 1. The second kappa shape index (κ2) is 11.6. The first-order valence-electron chi connectivity index (χ1n) is 6.16. The Labute approximate surface area is 114 Å². The summed E-state index contributed by atoms with van der Waals surface area (Å²) in [4.78, 5) is 0. The summed E-state index contributed by atoms with van der Waals surface area (Å²) in [5.41, 5.74) is 2.85. The van der Waals surface area contributed by atoms with Crippen LogP contribution in [0.2, 0.25) is 0 Å². The highest BCUT2D eigenvalue weighted by Gasteiger charge is 2.04. The maximum atomic E-state index is 8.65. The highest BCUT2D eigenvalue weighted by molar-refractivity contribution is 9.10. The van der Waals surface area contributed by atoms with E-state index in [1.807, 2.05) is 45.9 Å². The lowest BCUT2D eigenvalue weighted by atomic mass is 10.0. The van der Waals surface area contributed by atoms with Gasteiger partial charge >= 0.3 is 0 Å². The van der Waals surface area contributed by atoms with Gasteiger partial charge in [-0.15, -0.1) is 0 Å². The van der Waals surface area contributed by atoms with Crippen LogP contribution >= 0.6 is 15.9 Å². The minimum atomic E-state index is 0.657. The molecule has 1 aromatic rings. The van der Waals surface area contributed by atoms with Crippen LogP contribution in [0, 0.1) is 0 Å². The summed E-state index contributed by atoms with van der Waals surface area (Å²) in [6, 6.07) is 5.95. The molecule has 0 aromatic heterocycles. The molecule has 0 unspecified atom stereocenters. The van der Waals surface area contributed by atoms with Gasteiger partial charge in [-0.25, -0.2) is 0 Å². The average Bonchev–Trinajstić information content (AvgIpc) is 2.42. The van der Waals surface area contributed by atoms with Gasteiger partial charge in [0.2, 0.25) is 0 Å². The predicted octanol–water partition coefficient (Wildman–Crippen LogP) is 5.26. The molecule has 17 heavy (non-hydrogen) atoms. The van der Waals surface area contributed by atoms with E-state index in [0.717, 1.165) is 16.5 Å². The standard InChI is InChI=1S/C10H12BrNO.2C2H6/c1-3-8-6-9(11)4-5-10(8)7(2)12-13;2*1-2/h4-6,13H,3H2,1-2H3;2*1-2H3/b12-7-;;. The smallest absolute Gasteiger partial charge is 0.0839 e. The third-order valence-corrected chi connectivity index (χ3v) is 2.48. The second-order valence-corrected chi connectivity index (χ2v) is 3.76. The molecule has 0 heterocycles. The quantitative estimate of drug-likeness (QED) is 0.451. The van der Waals surface area contributed by atoms with Crippen LogP contribution < -0.4 is 0 Å². The van der Waals surface area contributed by atoms with Crippen LogP contribution in [-0.4, -0.2) is 10.9 Å². The van der Waals surface area contributed by atoms with Gasteiger partial charge in [-0.3, -0.25) is 0 Å². The fourth-order valence-corrected chi connectivity index (χ4v) is 1.67. The molecule has 0 aliphatic rings. The van der Waals surface area contributed by atoms with Gasteiger partial charge in [0, 0.05) is 10.0 Å². The highest BCUT2D eigenvalue weighted by atomic mass is 79.9. The largest absolute Gasteiger partial charge is 0.411 e. The zero-order chi connectivity index (χ0) is 13.8. The van der Waals surface area contributed by atoms with Crippen molar-refractivity contribution in [3.8, 4) is 0 Å². The molecule has 1 N–H and O–H groups in total. The monoisotopic (exact) mass is 301 g/mol. The van der Waals surface area contributed by atoms with Crippen molar-refractivity contribution in [3.63, 3.8) is 0 Å². The molecule has 0 radical (unpaired) electrons. The zero-order valence-corrected chi connectivity index (χ0v) is 13.3. The molecule has 0 saturated carbocycles. The van der Waals surface area contributed by atoms with Crippen LogP contribution in [0.25, 0.3) is 0 Å². The highest BCUT2D eigenvalue weighted by Crippen LogP contribution is 2.17. The fourth-order valence-electron chi connectivity index (χ4n) is 1.26. The zero-order valence-electron chi connectivity index (χ0n) is 11.7. The van der Waals surface area contributed by atoms with E-state index in [0.29, 0.717) is 5.71 Å². The topological polar surface area (TPSA) is 32.6 Å². The Kier molecular flexibility index (Phi) is 12.7. The Bertz CT molecular complexity index is 335. The summed E-state index contributed by atoms with van der Waals surface area (Å²) in [5, 5.41) is 11.9. The lowest BCUT2D eigenvalue weighted by molar-refractivity contribution is 0.319. The number of aryl methyl sites for hydroxylation is 1. The third kappa shape index (κ3) is 6.47. The molecule has 2 nitrogen and oxygen atoms in total. The van der Waals surface area contributed by atoms with Gasteiger partial charge < -0.3 is 5.21 Å². The van der Waals surface area contributed by atoms with E-state index in [1.165, 1.54) is 5.56 Å². The van der Waals surface area contributed by atoms with Crippen molar-refractivity contribution < 1.29 is 5.21 Å². The molecular weight excluding hydrogens is 278 g/mol. The van der Waals surface area contributed by atoms with Gasteiger partial charge in [0.05, 0.1) is 5.71 Å². The maximum absolute atomic E-state index is 8.65. The van der Waals surface area contributed by atoms with Crippen LogP contribution in [0.3, 0.4) is 0 Å². The minimum absolute atomic E-state index is 0.657. The molecule has 0 fully saturated rings. The molecule has 1 rings (SSSR count). The van der Waals surface area contributed by atoms with E-state index in [1.54, 1.807) is 6.92 Å². The van der Waals surface area contributed by atoms with E-state index in [2.05, 4.69) is 28.0 Å². The maximum Gasteiger partial charge on any atom is 0.0839 e. The lowest BCUT2D eigenvalue weighted by Crippen LogP contribution is -1.99. The molecule has 0 aliphatic heterocycles. The molecule has 1 aromatic carbocycles. The van der Waals surface area contributed by atoms with E-state index >= 15 is 0 Å². The number of oxime groups is 1. The molecular formula is C14H24BrNO. The number of rotatable bonds is 2. The molecule has 0 bridgehead atoms. The number of hydrogen-bond donors (Lipinski definition) is 1. The summed E-state index contributed by atoms with van der Waals surface area (Å²) in [7, 11) is 0. The molecule has 0 atom stereocenters. The summed E-state index contributed by atoms with van der Waals surface area (Å²) in [5.74, 6) is 0. The summed E-state index contributed by atoms with van der Waals surface area (Å²) >= 11 is 3.41. The molecule has 0 spiro atoms. The number of hydrogen-bond acceptors (Lipinski definition) is 2. The van der Waals surface area contributed by atoms with Crippen molar-refractivity contribution >= 4 is 21.6 Å². The van der Waals surface area contributed by atoms with Crippen molar-refractivity contribution in [1.29, 1.82) is 0 Å². The van der Waals surface area contributed by atoms with Gasteiger partial charge in [0.25, 0.3) is 0 Å². The van der Waals surface area contributed by atoms with Crippen molar-refractivity contribution in [2.75, 3.05) is 0 Å². The Hall–Kier alpha value is -0.830. The molecule has 3 heteroatoms. The van der Waals surface area contributed by atoms with Gasteiger partial charge in [-0.05, 0) is 31.0 Å². The molecule has 0 aliphatic carbocycles. The Morgan fingerprint density at radius 1 is 1.24 bits per heavy atom. The first kappa shape index (κ1) is 18.5. The molecule has 0 amide bonds. The van der Waals surface area contributed by atoms with Gasteiger partial charge in [-0.2, -0.15) is 0 Å². The predicted molar refractivity (Wildman–Crippen MR) is 80.2 cm³/mol. The van der Waals surface area contributed by atoms with Crippen molar-refractivity contribution in [2.24, 2.45) is 5.16 Å². The van der Waals surface area contributed by atoms with Crippen LogP contribution in [-0.2, 0) is 6.42 Å². The SMILES string of the molecule is CC.CC.CCc1cc(Br)ccc1/C(C)=N\O. The Morgan fingerprint density at radius 2 is 1.76 bits per heavy atom. The number of nitrogens with zero attached hydrogens (tertiary/aromatic N) is 1. The van der Waals surface area contributed by atoms with E-state index < -0.39 is 0 Å². The van der Waals surface area contributed by atoms with Gasteiger partial charge in [0.15, 0.2) is 0 Å². The molecule has 98 valence electrons. The van der Waals surface area contributed by atoms with Crippen LogP contribution in [0.4, 0.5) is 0 Å². The van der Waals surface area contributed by atoms with Crippen LogP contribution in [0.5, 0.6) is 0 Å². The fraction of sp³-hybridized carbons (Fsp3) is 0.500. The minimum Gasteiger partial charge on any atom is -0.411 e. The van der Waals surface area contributed by atoms with Crippen molar-refractivity contribution in [3.05, 3.63) is 33.8 Å². The Balaban J connectivity index is 0. The third-order valence-electron chi connectivity index (χ3n) is 1.99. The summed E-state index contributed by atoms with van der Waals surface area (Å²) < 4.78 is 1.05. The van der Waals surface area contributed by atoms with Gasteiger partial charge in [0.1, 0.15) is 0 Å². The lowest BCUT2D eigenvalue weighted by Gasteiger charge is -2.06. The first-order chi connectivity index (χ1) is 8.19. The van der Waals surface area contributed by atoms with E-state index in [-0.39, 0.29) is 0 Å². The van der Waals surface area contributed by atoms with Crippen LogP contribution in [0.15, 0.2) is 27.8 Å². The van der Waals surface area contributed by atoms with E-state index in [4.69, 9.17) is 5.21 Å². The molecule has 0 saturated heterocycles. The summed E-state index contributed by atoms with van der Waals surface area (Å²) in [6.07, 6.45) is 0.932.